The second-order valence-corrected chi connectivity index (χ2v) is 4.58. The quantitative estimate of drug-likeness (QED) is 0.760. The van der Waals surface area contributed by atoms with Crippen LogP contribution in [0.2, 0.25) is 0 Å². The Morgan fingerprint density at radius 1 is 1.21 bits per heavy atom. The third-order valence-corrected chi connectivity index (χ3v) is 3.59. The highest BCUT2D eigenvalue weighted by Gasteiger charge is 2.27. The minimum Gasteiger partial charge on any atom is -0.327 e. The summed E-state index contributed by atoms with van der Waals surface area (Å²) >= 11 is 0. The molecule has 1 aromatic rings. The van der Waals surface area contributed by atoms with Crippen LogP contribution >= 0.6 is 0 Å². The highest BCUT2D eigenvalue weighted by atomic mass is 14.7. The smallest absolute Gasteiger partial charge is 0.00704 e. The maximum atomic E-state index is 5.97. The fraction of sp³-hybridized carbons (Fsp3) is 0.538. The Labute approximate surface area is 86.3 Å². The van der Waals surface area contributed by atoms with Crippen molar-refractivity contribution < 1.29 is 0 Å². The molecule has 2 rings (SSSR count). The monoisotopic (exact) mass is 189 g/mol. The summed E-state index contributed by atoms with van der Waals surface area (Å²) < 4.78 is 0. The van der Waals surface area contributed by atoms with E-state index in [0.717, 1.165) is 5.92 Å². The van der Waals surface area contributed by atoms with Crippen molar-refractivity contribution in [2.45, 2.75) is 39.2 Å². The fourth-order valence-electron chi connectivity index (χ4n) is 2.28. The molecular formula is C13H19N. The van der Waals surface area contributed by atoms with Gasteiger partial charge in [-0.15, -0.1) is 0 Å². The van der Waals surface area contributed by atoms with Crippen LogP contribution in [0.25, 0.3) is 0 Å². The summed E-state index contributed by atoms with van der Waals surface area (Å²) in [6.07, 6.45) is 3.71. The first kappa shape index (κ1) is 9.72. The molecule has 1 aliphatic rings. The van der Waals surface area contributed by atoms with Gasteiger partial charge in [-0.25, -0.2) is 0 Å². The van der Waals surface area contributed by atoms with E-state index < -0.39 is 0 Å². The van der Waals surface area contributed by atoms with Crippen molar-refractivity contribution in [3.05, 3.63) is 34.9 Å². The first-order valence-corrected chi connectivity index (χ1v) is 5.49. The SMILES string of the molecule is Cc1cccc(C)c1CC1CCC1N. The lowest BCUT2D eigenvalue weighted by Crippen LogP contribution is -2.40. The Balaban J connectivity index is 2.15. The summed E-state index contributed by atoms with van der Waals surface area (Å²) in [6.45, 7) is 4.40. The first-order chi connectivity index (χ1) is 6.68. The van der Waals surface area contributed by atoms with E-state index in [-0.39, 0.29) is 0 Å². The zero-order chi connectivity index (χ0) is 10.1. The summed E-state index contributed by atoms with van der Waals surface area (Å²) in [7, 11) is 0. The van der Waals surface area contributed by atoms with E-state index in [4.69, 9.17) is 5.73 Å². The molecule has 0 aliphatic heterocycles. The van der Waals surface area contributed by atoms with Gasteiger partial charge in [0.05, 0.1) is 0 Å². The molecular weight excluding hydrogens is 170 g/mol. The third kappa shape index (κ3) is 1.69. The van der Waals surface area contributed by atoms with Crippen LogP contribution in [0.1, 0.15) is 29.5 Å². The molecule has 1 aromatic carbocycles. The second kappa shape index (κ2) is 3.74. The lowest BCUT2D eigenvalue weighted by atomic mass is 9.75. The Morgan fingerprint density at radius 2 is 1.86 bits per heavy atom. The topological polar surface area (TPSA) is 26.0 Å². The average Bonchev–Trinajstić information content (AvgIpc) is 2.15. The van der Waals surface area contributed by atoms with Crippen LogP contribution in [0.15, 0.2) is 18.2 Å². The number of aryl methyl sites for hydroxylation is 2. The van der Waals surface area contributed by atoms with Gasteiger partial charge in [-0.3, -0.25) is 0 Å². The average molecular weight is 189 g/mol. The van der Waals surface area contributed by atoms with Gasteiger partial charge >= 0.3 is 0 Å². The van der Waals surface area contributed by atoms with E-state index in [0.29, 0.717) is 6.04 Å². The number of benzene rings is 1. The highest BCUT2D eigenvalue weighted by molar-refractivity contribution is 5.34. The third-order valence-electron chi connectivity index (χ3n) is 3.59. The van der Waals surface area contributed by atoms with E-state index in [2.05, 4.69) is 32.0 Å². The van der Waals surface area contributed by atoms with Crippen molar-refractivity contribution in [3.63, 3.8) is 0 Å². The molecule has 2 N–H and O–H groups in total. The van der Waals surface area contributed by atoms with Gasteiger partial charge in [0.25, 0.3) is 0 Å². The van der Waals surface area contributed by atoms with E-state index in [1.165, 1.54) is 36.0 Å². The maximum Gasteiger partial charge on any atom is 0.00704 e. The number of rotatable bonds is 2. The van der Waals surface area contributed by atoms with Gasteiger partial charge < -0.3 is 5.73 Å². The standard InChI is InChI=1S/C13H19N/c1-9-4-3-5-10(2)12(9)8-11-6-7-13(11)14/h3-5,11,13H,6-8,14H2,1-2H3. The van der Waals surface area contributed by atoms with Gasteiger partial charge in [-0.05, 0) is 55.7 Å². The van der Waals surface area contributed by atoms with Crippen molar-refractivity contribution in [1.82, 2.24) is 0 Å². The molecule has 0 bridgehead atoms. The molecule has 1 nitrogen and oxygen atoms in total. The Morgan fingerprint density at radius 3 is 2.29 bits per heavy atom. The van der Waals surface area contributed by atoms with Crippen LogP contribution < -0.4 is 5.73 Å². The van der Waals surface area contributed by atoms with E-state index in [1.54, 1.807) is 0 Å². The van der Waals surface area contributed by atoms with Gasteiger partial charge in [0.1, 0.15) is 0 Å². The van der Waals surface area contributed by atoms with Crippen LogP contribution in [-0.4, -0.2) is 6.04 Å². The normalized spacial score (nSPS) is 25.9. The van der Waals surface area contributed by atoms with Gasteiger partial charge in [-0.2, -0.15) is 0 Å². The van der Waals surface area contributed by atoms with Crippen molar-refractivity contribution in [1.29, 1.82) is 0 Å². The molecule has 76 valence electrons. The van der Waals surface area contributed by atoms with Crippen molar-refractivity contribution in [3.8, 4) is 0 Å². The molecule has 14 heavy (non-hydrogen) atoms. The van der Waals surface area contributed by atoms with Crippen molar-refractivity contribution in [2.75, 3.05) is 0 Å². The predicted molar refractivity (Wildman–Crippen MR) is 60.3 cm³/mol. The molecule has 0 heterocycles. The predicted octanol–water partition coefficient (Wildman–Crippen LogP) is 2.58. The molecule has 1 aliphatic carbocycles. The summed E-state index contributed by atoms with van der Waals surface area (Å²) in [6, 6.07) is 6.99. The Kier molecular flexibility index (Phi) is 2.60. The van der Waals surface area contributed by atoms with Gasteiger partial charge in [-0.1, -0.05) is 18.2 Å². The Hall–Kier alpha value is -0.820. The number of hydrogen-bond donors (Lipinski definition) is 1. The summed E-state index contributed by atoms with van der Waals surface area (Å²) in [4.78, 5) is 0. The first-order valence-electron chi connectivity index (χ1n) is 5.49. The molecule has 1 heteroatoms. The van der Waals surface area contributed by atoms with Gasteiger partial charge in [0.2, 0.25) is 0 Å². The number of nitrogens with two attached hydrogens (primary N) is 1. The highest BCUT2D eigenvalue weighted by Crippen LogP contribution is 2.30. The molecule has 0 saturated heterocycles. The fourth-order valence-corrected chi connectivity index (χ4v) is 2.28. The molecule has 1 fully saturated rings. The molecule has 0 spiro atoms. The van der Waals surface area contributed by atoms with Crippen molar-refractivity contribution >= 4 is 0 Å². The van der Waals surface area contributed by atoms with Gasteiger partial charge in [0.15, 0.2) is 0 Å². The molecule has 0 amide bonds. The summed E-state index contributed by atoms with van der Waals surface area (Å²) in [5, 5.41) is 0. The molecule has 1 saturated carbocycles. The zero-order valence-corrected chi connectivity index (χ0v) is 9.09. The molecule has 2 unspecified atom stereocenters. The van der Waals surface area contributed by atoms with Crippen LogP contribution in [0.5, 0.6) is 0 Å². The Bertz CT molecular complexity index is 310. The molecule has 2 atom stereocenters. The van der Waals surface area contributed by atoms with Crippen LogP contribution in [0, 0.1) is 19.8 Å². The van der Waals surface area contributed by atoms with Crippen LogP contribution in [-0.2, 0) is 6.42 Å². The van der Waals surface area contributed by atoms with Crippen LogP contribution in [0.3, 0.4) is 0 Å². The lowest BCUT2D eigenvalue weighted by Gasteiger charge is -2.34. The number of hydrogen-bond acceptors (Lipinski definition) is 1. The largest absolute Gasteiger partial charge is 0.327 e. The molecule has 0 radical (unpaired) electrons. The zero-order valence-electron chi connectivity index (χ0n) is 9.09. The van der Waals surface area contributed by atoms with E-state index >= 15 is 0 Å². The van der Waals surface area contributed by atoms with Crippen LogP contribution in [0.4, 0.5) is 0 Å². The van der Waals surface area contributed by atoms with Gasteiger partial charge in [0, 0.05) is 6.04 Å². The lowest BCUT2D eigenvalue weighted by molar-refractivity contribution is 0.255. The molecule has 0 aromatic heterocycles. The maximum absolute atomic E-state index is 5.97. The minimum atomic E-state index is 0.453. The van der Waals surface area contributed by atoms with E-state index in [1.807, 2.05) is 0 Å². The summed E-state index contributed by atoms with van der Waals surface area (Å²) in [5.74, 6) is 0.731. The van der Waals surface area contributed by atoms with Crippen molar-refractivity contribution in [2.24, 2.45) is 11.7 Å². The van der Waals surface area contributed by atoms with E-state index in [9.17, 15) is 0 Å². The minimum absolute atomic E-state index is 0.453. The summed E-state index contributed by atoms with van der Waals surface area (Å²) in [5.41, 5.74) is 10.3. The second-order valence-electron chi connectivity index (χ2n) is 4.58.